The minimum Gasteiger partial charge on any atom is -0.495 e. The van der Waals surface area contributed by atoms with Crippen molar-refractivity contribution in [3.63, 3.8) is 0 Å². The fourth-order valence-corrected chi connectivity index (χ4v) is 3.10. The van der Waals surface area contributed by atoms with E-state index in [9.17, 15) is 4.39 Å². The Bertz CT molecular complexity index is 1290. The highest BCUT2D eigenvalue weighted by atomic mass is 32.1. The molecule has 0 aliphatic carbocycles. The van der Waals surface area contributed by atoms with E-state index in [1.807, 2.05) is 43.3 Å². The second-order valence-electron chi connectivity index (χ2n) is 6.78. The third-order valence-electron chi connectivity index (χ3n) is 4.53. The van der Waals surface area contributed by atoms with Gasteiger partial charge in [0.15, 0.2) is 10.9 Å². The Labute approximate surface area is 189 Å². The highest BCUT2D eigenvalue weighted by Crippen LogP contribution is 2.25. The molecule has 3 aromatic carbocycles. The van der Waals surface area contributed by atoms with Crippen molar-refractivity contribution < 1.29 is 13.9 Å². The number of imidazole rings is 1. The predicted molar refractivity (Wildman–Crippen MR) is 127 cm³/mol. The van der Waals surface area contributed by atoms with Gasteiger partial charge in [0.1, 0.15) is 28.8 Å². The molecule has 162 valence electrons. The summed E-state index contributed by atoms with van der Waals surface area (Å²) in [5.74, 6) is 2.10. The maximum absolute atomic E-state index is 13.1. The van der Waals surface area contributed by atoms with E-state index in [2.05, 4.69) is 25.8 Å². The molecule has 0 aliphatic rings. The Morgan fingerprint density at radius 3 is 2.59 bits per heavy atom. The van der Waals surface area contributed by atoms with Crippen molar-refractivity contribution in [1.82, 2.24) is 15.4 Å². The molecular weight excluding hydrogens is 429 g/mol. The summed E-state index contributed by atoms with van der Waals surface area (Å²) in [6, 6.07) is 18.7. The van der Waals surface area contributed by atoms with Crippen molar-refractivity contribution in [2.45, 2.75) is 6.92 Å². The van der Waals surface area contributed by atoms with Crippen LogP contribution in [0.1, 0.15) is 12.7 Å². The summed E-state index contributed by atoms with van der Waals surface area (Å²) >= 11 is 5.31. The molecule has 32 heavy (non-hydrogen) atoms. The van der Waals surface area contributed by atoms with Gasteiger partial charge in [-0.25, -0.2) is 9.37 Å². The molecule has 0 atom stereocenters. The summed E-state index contributed by atoms with van der Waals surface area (Å²) in [4.78, 5) is 7.76. The number of fused-ring (bicyclic) bond motifs is 1. The van der Waals surface area contributed by atoms with E-state index in [4.69, 9.17) is 21.7 Å². The average molecular weight is 450 g/mol. The number of halogens is 1. The molecule has 9 heteroatoms. The Morgan fingerprint density at radius 1 is 1.06 bits per heavy atom. The van der Waals surface area contributed by atoms with Gasteiger partial charge < -0.3 is 19.8 Å². The molecule has 0 fully saturated rings. The van der Waals surface area contributed by atoms with Crippen LogP contribution >= 0.6 is 12.2 Å². The van der Waals surface area contributed by atoms with E-state index in [-0.39, 0.29) is 5.82 Å². The minimum absolute atomic E-state index is 0.313. The third-order valence-corrected chi connectivity index (χ3v) is 4.72. The van der Waals surface area contributed by atoms with Gasteiger partial charge in [-0.3, -0.25) is 5.43 Å². The Hall–Kier alpha value is -3.98. The number of H-pyrrole nitrogens is 1. The van der Waals surface area contributed by atoms with Crippen LogP contribution in [0.5, 0.6) is 17.2 Å². The van der Waals surface area contributed by atoms with Crippen LogP contribution in [0.4, 0.5) is 10.1 Å². The summed E-state index contributed by atoms with van der Waals surface area (Å²) < 4.78 is 24.1. The number of hydrogen-bond donors (Lipinski definition) is 3. The molecule has 4 rings (SSSR count). The molecule has 0 unspecified atom stereocenters. The summed E-state index contributed by atoms with van der Waals surface area (Å²) in [6.07, 6.45) is 0. The van der Waals surface area contributed by atoms with Crippen molar-refractivity contribution in [1.29, 1.82) is 0 Å². The number of ether oxygens (including phenoxy) is 2. The van der Waals surface area contributed by atoms with Crippen LogP contribution in [0.25, 0.3) is 11.0 Å². The van der Waals surface area contributed by atoms with Gasteiger partial charge in [0.2, 0.25) is 0 Å². The zero-order valence-corrected chi connectivity index (χ0v) is 18.2. The quantitative estimate of drug-likeness (QED) is 0.213. The standard InChI is InChI=1S/C23H20FN5O2S/c1-14(28-29-23(32)27-19-5-3-4-6-21(19)30-2)22-25-18-12-11-17(13-20(18)26-22)31-16-9-7-15(24)8-10-16/h3-13H,1-2H3,(H,25,26)(H2,27,29,32)/b28-14+. The first-order chi connectivity index (χ1) is 15.5. The van der Waals surface area contributed by atoms with Crippen molar-refractivity contribution in [2.75, 3.05) is 12.4 Å². The maximum Gasteiger partial charge on any atom is 0.191 e. The fraction of sp³-hybridized carbons (Fsp3) is 0.0870. The summed E-state index contributed by atoms with van der Waals surface area (Å²) in [5, 5.41) is 7.67. The number of thiocarbonyl (C=S) groups is 1. The number of hydrazone groups is 1. The van der Waals surface area contributed by atoms with Crippen LogP contribution in [0.3, 0.4) is 0 Å². The lowest BCUT2D eigenvalue weighted by molar-refractivity contribution is 0.417. The lowest BCUT2D eigenvalue weighted by Crippen LogP contribution is -2.25. The molecule has 1 aromatic heterocycles. The van der Waals surface area contributed by atoms with Gasteiger partial charge in [-0.05, 0) is 67.7 Å². The average Bonchev–Trinajstić information content (AvgIpc) is 3.23. The Kier molecular flexibility index (Phi) is 6.27. The van der Waals surface area contributed by atoms with Crippen molar-refractivity contribution >= 4 is 39.8 Å². The van der Waals surface area contributed by atoms with Crippen LogP contribution in [-0.2, 0) is 0 Å². The molecule has 4 aromatic rings. The topological polar surface area (TPSA) is 83.6 Å². The van der Waals surface area contributed by atoms with Crippen LogP contribution in [0.15, 0.2) is 71.8 Å². The first-order valence-corrected chi connectivity index (χ1v) is 10.1. The molecule has 0 spiro atoms. The molecule has 0 aliphatic heterocycles. The number of anilines is 1. The van der Waals surface area contributed by atoms with E-state index in [1.54, 1.807) is 25.3 Å². The van der Waals surface area contributed by atoms with Gasteiger partial charge in [0, 0.05) is 6.07 Å². The van der Waals surface area contributed by atoms with Crippen molar-refractivity contribution in [3.8, 4) is 17.2 Å². The number of benzene rings is 3. The molecule has 0 bridgehead atoms. The highest BCUT2D eigenvalue weighted by molar-refractivity contribution is 7.80. The lowest BCUT2D eigenvalue weighted by atomic mass is 10.3. The minimum atomic E-state index is -0.313. The zero-order chi connectivity index (χ0) is 22.5. The van der Waals surface area contributed by atoms with Gasteiger partial charge >= 0.3 is 0 Å². The van der Waals surface area contributed by atoms with Crippen LogP contribution in [0, 0.1) is 5.82 Å². The number of hydrogen-bond acceptors (Lipinski definition) is 5. The number of nitrogens with one attached hydrogen (secondary N) is 3. The maximum atomic E-state index is 13.1. The van der Waals surface area contributed by atoms with E-state index >= 15 is 0 Å². The number of methoxy groups -OCH3 is 1. The largest absolute Gasteiger partial charge is 0.495 e. The second-order valence-corrected chi connectivity index (χ2v) is 7.19. The van der Waals surface area contributed by atoms with E-state index in [0.717, 1.165) is 16.7 Å². The predicted octanol–water partition coefficient (Wildman–Crippen LogP) is 5.21. The third kappa shape index (κ3) is 5.01. The molecule has 0 saturated heterocycles. The number of rotatable bonds is 6. The lowest BCUT2D eigenvalue weighted by Gasteiger charge is -2.11. The van der Waals surface area contributed by atoms with E-state index in [0.29, 0.717) is 33.9 Å². The van der Waals surface area contributed by atoms with Gasteiger partial charge in [-0.1, -0.05) is 12.1 Å². The number of aromatic nitrogens is 2. The van der Waals surface area contributed by atoms with Gasteiger partial charge in [-0.15, -0.1) is 0 Å². The molecule has 0 amide bonds. The highest BCUT2D eigenvalue weighted by Gasteiger charge is 2.09. The summed E-state index contributed by atoms with van der Waals surface area (Å²) in [5.41, 5.74) is 5.70. The van der Waals surface area contributed by atoms with Crippen molar-refractivity contribution in [2.24, 2.45) is 5.10 Å². The fourth-order valence-electron chi connectivity index (χ4n) is 2.95. The molecule has 3 N–H and O–H groups in total. The van der Waals surface area contributed by atoms with Gasteiger partial charge in [-0.2, -0.15) is 5.10 Å². The molecule has 0 saturated carbocycles. The zero-order valence-electron chi connectivity index (χ0n) is 17.3. The molecular formula is C23H20FN5O2S. The second kappa shape index (κ2) is 9.44. The van der Waals surface area contributed by atoms with Gasteiger partial charge in [0.25, 0.3) is 0 Å². The Balaban J connectivity index is 1.44. The Morgan fingerprint density at radius 2 is 1.81 bits per heavy atom. The van der Waals surface area contributed by atoms with Crippen LogP contribution in [0.2, 0.25) is 0 Å². The molecule has 1 heterocycles. The smallest absolute Gasteiger partial charge is 0.191 e. The normalized spacial score (nSPS) is 11.3. The van der Waals surface area contributed by atoms with Crippen molar-refractivity contribution in [3.05, 3.63) is 78.4 Å². The molecule has 0 radical (unpaired) electrons. The van der Waals surface area contributed by atoms with Crippen LogP contribution in [-0.4, -0.2) is 27.9 Å². The number of aromatic amines is 1. The summed E-state index contributed by atoms with van der Waals surface area (Å²) in [7, 11) is 1.59. The van der Waals surface area contributed by atoms with E-state index in [1.165, 1.54) is 12.1 Å². The molecule has 7 nitrogen and oxygen atoms in total. The monoisotopic (exact) mass is 449 g/mol. The van der Waals surface area contributed by atoms with E-state index < -0.39 is 0 Å². The first-order valence-electron chi connectivity index (χ1n) is 9.69. The van der Waals surface area contributed by atoms with Crippen LogP contribution < -0.4 is 20.2 Å². The summed E-state index contributed by atoms with van der Waals surface area (Å²) in [6.45, 7) is 1.81. The number of para-hydroxylation sites is 2. The number of nitrogens with zero attached hydrogens (tertiary/aromatic N) is 2. The SMILES string of the molecule is COc1ccccc1NC(=S)N/N=C(\C)c1nc2ccc(Oc3ccc(F)cc3)cc2[nH]1. The first kappa shape index (κ1) is 21.3. The van der Waals surface area contributed by atoms with Gasteiger partial charge in [0.05, 0.1) is 23.8 Å².